The zero-order valence-corrected chi connectivity index (χ0v) is 28.4. The van der Waals surface area contributed by atoms with Crippen molar-refractivity contribution in [2.24, 2.45) is 0 Å². The summed E-state index contributed by atoms with van der Waals surface area (Å²) >= 11 is 0. The number of hydrogen-bond donors (Lipinski definition) is 0. The predicted octanol–water partition coefficient (Wildman–Crippen LogP) is -1.72. The lowest BCUT2D eigenvalue weighted by Crippen LogP contribution is -2.55. The highest BCUT2D eigenvalue weighted by Crippen LogP contribution is 2.39. The number of furan rings is 2. The lowest BCUT2D eigenvalue weighted by Gasteiger charge is -2.22. The van der Waals surface area contributed by atoms with Gasteiger partial charge in [0.2, 0.25) is 0 Å². The van der Waals surface area contributed by atoms with Crippen LogP contribution in [0.2, 0.25) is 0 Å². The van der Waals surface area contributed by atoms with Gasteiger partial charge < -0.3 is 8.83 Å². The van der Waals surface area contributed by atoms with Crippen molar-refractivity contribution in [2.75, 3.05) is 0 Å². The van der Waals surface area contributed by atoms with Crippen LogP contribution in [0.5, 0.6) is 0 Å². The third-order valence-corrected chi connectivity index (χ3v) is 9.93. The van der Waals surface area contributed by atoms with Gasteiger partial charge in [0.1, 0.15) is 101 Å². The molecule has 0 saturated heterocycles. The summed E-state index contributed by atoms with van der Waals surface area (Å²) < 4.78 is 12.8. The molecule has 20 radical (unpaired) electrons. The first-order valence-corrected chi connectivity index (χ1v) is 16.6. The highest BCUT2D eigenvalue weighted by atomic mass is 16.3. The fourth-order valence-electron chi connectivity index (χ4n) is 6.97. The van der Waals surface area contributed by atoms with Crippen molar-refractivity contribution in [2.45, 2.75) is 0 Å². The lowest BCUT2D eigenvalue weighted by atomic mass is 9.60. The summed E-state index contributed by atoms with van der Waals surface area (Å²) in [5, 5.41) is 3.88. The van der Waals surface area contributed by atoms with Gasteiger partial charge in [-0.25, -0.2) is 15.0 Å². The molecular formula is C39H13B10N3O2. The van der Waals surface area contributed by atoms with Crippen LogP contribution >= 0.6 is 0 Å². The Bertz CT molecular complexity index is 2940. The van der Waals surface area contributed by atoms with Crippen LogP contribution in [-0.2, 0) is 0 Å². The van der Waals surface area contributed by atoms with Gasteiger partial charge in [-0.15, -0.1) is 32.8 Å². The largest absolute Gasteiger partial charge is 0.456 e. The van der Waals surface area contributed by atoms with Crippen molar-refractivity contribution >= 4 is 177 Å². The quantitative estimate of drug-likeness (QED) is 0.210. The summed E-state index contributed by atoms with van der Waals surface area (Å²) in [7, 11) is 62.9. The minimum atomic E-state index is 0.00383. The van der Waals surface area contributed by atoms with Gasteiger partial charge in [-0.1, -0.05) is 70.4 Å². The molecule has 0 spiro atoms. The van der Waals surface area contributed by atoms with Gasteiger partial charge in [-0.3, -0.25) is 0 Å². The summed E-state index contributed by atoms with van der Waals surface area (Å²) in [6.45, 7) is 0. The second-order valence-electron chi connectivity index (χ2n) is 13.0. The number of benzene rings is 6. The number of aromatic nitrogens is 3. The van der Waals surface area contributed by atoms with Gasteiger partial charge in [-0.05, 0) is 35.9 Å². The van der Waals surface area contributed by atoms with Crippen LogP contribution < -0.4 is 54.6 Å². The van der Waals surface area contributed by atoms with Gasteiger partial charge in [0.15, 0.2) is 17.5 Å². The van der Waals surface area contributed by atoms with Crippen molar-refractivity contribution in [3.63, 3.8) is 0 Å². The number of hydrogen-bond acceptors (Lipinski definition) is 5. The summed E-state index contributed by atoms with van der Waals surface area (Å²) in [5.41, 5.74) is 5.68. The lowest BCUT2D eigenvalue weighted by molar-refractivity contribution is 0.668. The zero-order chi connectivity index (χ0) is 37.7. The van der Waals surface area contributed by atoms with E-state index in [0.717, 1.165) is 43.8 Å². The van der Waals surface area contributed by atoms with E-state index in [1.165, 1.54) is 0 Å². The van der Waals surface area contributed by atoms with Crippen LogP contribution in [0.1, 0.15) is 0 Å². The molecule has 0 N–H and O–H groups in total. The highest BCUT2D eigenvalue weighted by molar-refractivity contribution is 6.69. The van der Waals surface area contributed by atoms with Crippen molar-refractivity contribution in [3.8, 4) is 45.3 Å². The number of para-hydroxylation sites is 2. The van der Waals surface area contributed by atoms with E-state index in [1.54, 1.807) is 0 Å². The second kappa shape index (κ2) is 12.6. The zero-order valence-electron chi connectivity index (χ0n) is 28.4. The Balaban J connectivity index is 1.25. The molecule has 6 aromatic carbocycles. The smallest absolute Gasteiger partial charge is 0.164 e. The Morgan fingerprint density at radius 1 is 0.352 bits per heavy atom. The molecule has 9 aromatic rings. The molecule has 0 saturated carbocycles. The van der Waals surface area contributed by atoms with Crippen LogP contribution in [0.3, 0.4) is 0 Å². The standard InChI is InChI=1S/C39H13B10N3O2/c40-26-24(27(41)31(45)34(48)30(26)44)38-50-37(51-39(52-38)25-28(42)32(46)35(49)33(47)29(25)43)15-9-11-19-20-6-3-5-16(36(20)54-23(19)13-15)14-8-10-18-17-4-1-2-7-21(17)53-22(18)12-14/h1-13H. The van der Waals surface area contributed by atoms with Crippen LogP contribution in [0.4, 0.5) is 0 Å². The first kappa shape index (κ1) is 34.4. The molecular weight excluding hydrogens is 651 g/mol. The van der Waals surface area contributed by atoms with Gasteiger partial charge in [-0.2, -0.15) is 0 Å². The van der Waals surface area contributed by atoms with Crippen molar-refractivity contribution in [1.82, 2.24) is 15.0 Å². The summed E-state index contributed by atoms with van der Waals surface area (Å²) in [6, 6.07) is 25.7. The molecule has 0 aliphatic heterocycles. The predicted molar refractivity (Wildman–Crippen MR) is 230 cm³/mol. The van der Waals surface area contributed by atoms with Crippen LogP contribution in [0.15, 0.2) is 87.7 Å². The van der Waals surface area contributed by atoms with Gasteiger partial charge in [0.05, 0.1) is 0 Å². The first-order valence-electron chi connectivity index (χ1n) is 16.6. The average Bonchev–Trinajstić information content (AvgIpc) is 3.75. The fraction of sp³-hybridized carbons (Fsp3) is 0. The molecule has 226 valence electrons. The van der Waals surface area contributed by atoms with E-state index in [9.17, 15) is 0 Å². The Labute approximate surface area is 323 Å². The first-order chi connectivity index (χ1) is 25.9. The molecule has 0 amide bonds. The van der Waals surface area contributed by atoms with Crippen molar-refractivity contribution in [3.05, 3.63) is 78.9 Å². The van der Waals surface area contributed by atoms with Crippen LogP contribution in [0.25, 0.3) is 89.2 Å². The SMILES string of the molecule is [B]c1c([B])c([B])c(-c2nc(-c3ccc4c(c3)oc3c(-c5ccc6c(c5)oc5ccccc56)cccc34)nc(-c3c([B])c([B])c([B])c([B])c3[B])n2)c([B])c1[B]. The van der Waals surface area contributed by atoms with E-state index >= 15 is 0 Å². The molecule has 0 fully saturated rings. The molecule has 5 nitrogen and oxygen atoms in total. The Kier molecular flexibility index (Phi) is 8.00. The molecule has 15 heteroatoms. The third-order valence-electron chi connectivity index (χ3n) is 9.93. The second-order valence-corrected chi connectivity index (χ2v) is 13.0. The number of fused-ring (bicyclic) bond motifs is 6. The molecule has 0 unspecified atom stereocenters. The Morgan fingerprint density at radius 2 is 0.796 bits per heavy atom. The van der Waals surface area contributed by atoms with Crippen molar-refractivity contribution < 1.29 is 8.83 Å². The van der Waals surface area contributed by atoms with E-state index < -0.39 is 0 Å². The third kappa shape index (κ3) is 5.11. The van der Waals surface area contributed by atoms with E-state index in [1.807, 2.05) is 66.7 Å². The van der Waals surface area contributed by atoms with Gasteiger partial charge >= 0.3 is 0 Å². The van der Waals surface area contributed by atoms with Gasteiger partial charge in [0.25, 0.3) is 0 Å². The normalized spacial score (nSPS) is 11.7. The Hall–Kier alpha value is -5.42. The highest BCUT2D eigenvalue weighted by Gasteiger charge is 2.22. The maximum atomic E-state index is 6.59. The Morgan fingerprint density at radius 3 is 1.41 bits per heavy atom. The average molecular weight is 664 g/mol. The van der Waals surface area contributed by atoms with Crippen LogP contribution in [0, 0.1) is 0 Å². The topological polar surface area (TPSA) is 65.0 Å². The van der Waals surface area contributed by atoms with E-state index in [-0.39, 0.29) is 83.2 Å². The van der Waals surface area contributed by atoms with E-state index in [2.05, 4.69) is 17.1 Å². The number of rotatable bonds is 4. The molecule has 0 bridgehead atoms. The molecule has 0 aliphatic carbocycles. The molecule has 3 aromatic heterocycles. The minimum absolute atomic E-state index is 0.00383. The maximum Gasteiger partial charge on any atom is 0.164 e. The monoisotopic (exact) mass is 665 g/mol. The maximum absolute atomic E-state index is 6.59. The molecule has 0 aliphatic rings. The fourth-order valence-corrected chi connectivity index (χ4v) is 6.97. The molecule has 0 atom stereocenters. The molecule has 54 heavy (non-hydrogen) atoms. The summed E-state index contributed by atoms with van der Waals surface area (Å²) in [4.78, 5) is 14.2. The minimum Gasteiger partial charge on any atom is -0.456 e. The molecule has 9 rings (SSSR count). The van der Waals surface area contributed by atoms with Crippen molar-refractivity contribution in [1.29, 1.82) is 0 Å². The van der Waals surface area contributed by atoms with Gasteiger partial charge in [0, 0.05) is 43.8 Å². The van der Waals surface area contributed by atoms with Crippen LogP contribution in [-0.4, -0.2) is 93.4 Å². The molecule has 3 heterocycles. The summed E-state index contributed by atoms with van der Waals surface area (Å²) in [6.07, 6.45) is 0. The van der Waals surface area contributed by atoms with E-state index in [4.69, 9.17) is 97.3 Å². The summed E-state index contributed by atoms with van der Waals surface area (Å²) in [5.74, 6) is 0.182. The van der Waals surface area contributed by atoms with E-state index in [0.29, 0.717) is 16.7 Å². The number of nitrogens with zero attached hydrogens (tertiary/aromatic N) is 3.